The fourth-order valence-corrected chi connectivity index (χ4v) is 14.9. The number of urea groups is 2. The number of nitrogens with two attached hydrogens (primary N) is 2. The molecular formula is C92H99F3N18O15S3. The fourth-order valence-electron chi connectivity index (χ4n) is 11.8. The Kier molecular flexibility index (Phi) is 34.3. The van der Waals surface area contributed by atoms with E-state index in [0.717, 1.165) is 81.5 Å². The van der Waals surface area contributed by atoms with Crippen molar-refractivity contribution < 1.29 is 83.8 Å². The van der Waals surface area contributed by atoms with Crippen molar-refractivity contribution in [3.05, 3.63) is 234 Å². The number of rotatable bonds is 28. The molecule has 0 spiro atoms. The average molecular weight is 1850 g/mol. The van der Waals surface area contributed by atoms with Crippen molar-refractivity contribution in [1.82, 2.24) is 60.5 Å². The number of hydrogen-bond acceptors (Lipinski definition) is 30. The van der Waals surface area contributed by atoms with Crippen molar-refractivity contribution in [2.45, 2.75) is 107 Å². The normalized spacial score (nSPS) is 11.1. The number of fused-ring (bicyclic) bond motifs is 3. The summed E-state index contributed by atoms with van der Waals surface area (Å²) < 4.78 is 105. The Morgan fingerprint density at radius 2 is 0.802 bits per heavy atom. The number of carbonyl (C=O) groups excluding carboxylic acids is 4. The van der Waals surface area contributed by atoms with E-state index in [4.69, 9.17) is 58.4 Å². The number of benzene rings is 3. The Labute approximate surface area is 764 Å². The van der Waals surface area contributed by atoms with Crippen LogP contribution in [0.5, 0.6) is 34.5 Å². The van der Waals surface area contributed by atoms with E-state index in [-0.39, 0.29) is 40.3 Å². The van der Waals surface area contributed by atoms with E-state index in [1.807, 2.05) is 116 Å². The zero-order valence-corrected chi connectivity index (χ0v) is 76.7. The van der Waals surface area contributed by atoms with Gasteiger partial charge in [0.2, 0.25) is 0 Å². The van der Waals surface area contributed by atoms with Crippen molar-refractivity contribution in [3.63, 3.8) is 0 Å². The number of thiophene rings is 3. The quantitative estimate of drug-likeness (QED) is 0.0177. The van der Waals surface area contributed by atoms with Gasteiger partial charge in [0.1, 0.15) is 45.7 Å². The number of anilines is 6. The summed E-state index contributed by atoms with van der Waals surface area (Å²) in [7, 11) is 4.84. The maximum Gasteiger partial charge on any atom is 0.410 e. The molecule has 0 unspecified atom stereocenters. The summed E-state index contributed by atoms with van der Waals surface area (Å²) in [6.07, 6.45) is 9.26. The van der Waals surface area contributed by atoms with Crippen molar-refractivity contribution in [1.29, 1.82) is 0 Å². The standard InChI is InChI=1S/C32H33FN6O6S.C27H25FN6O4S.C27H29FN4O4S.C4H6N2O.C2H6/c1-19-14-28(38-45-19)37-30(40)36-21-7-9-25(22(33)15-21)43-26-10-11-34-24-16-27(46-29(24)26)23-8-6-20(17-35-23)18-39(12-13-42-5)31(41)44-32(2,3)4;1-16-11-25(34-38-16)33-27(35)32-18-4-6-22(19(28)12-18)37-23-7-8-30-21-13-24(39-26(21)23)20-5-3-17(15-31-20)14-29-9-10-36-2;1-27(2,3)36-26(33)32(11-12-34-4)16-17-5-7-20(31-15-17)24-14-21-25(37-24)23(9-10-30-21)35-22-8-6-18(29)13-19(22)28;1-3-2-4(5)6-7-3;1-2/h6-11,14-17H,12-13,18H2,1-5H3,(H2,36,37,38,40);3-8,11-13,15,29H,9-10,14H2,1-2H3,(H2,32,33,34,35);5-10,13-15H,11-12,16,29H2,1-4H3;2H,1H3,(H2,5,6);1-2H3. The summed E-state index contributed by atoms with van der Waals surface area (Å²) in [5.41, 5.74) is 17.5. The molecule has 131 heavy (non-hydrogen) atoms. The first kappa shape index (κ1) is 97.4. The van der Waals surface area contributed by atoms with Crippen LogP contribution in [0.4, 0.5) is 66.9 Å². The number of aromatic nitrogens is 9. The first-order valence-corrected chi connectivity index (χ1v) is 43.4. The van der Waals surface area contributed by atoms with Crippen LogP contribution in [0, 0.1) is 38.2 Å². The molecule has 0 atom stereocenters. The van der Waals surface area contributed by atoms with Crippen LogP contribution in [0.2, 0.25) is 0 Å². The average Bonchev–Trinajstić information content (AvgIpc) is 1.66. The molecule has 0 aliphatic heterocycles. The molecule has 33 nitrogen and oxygen atoms in total. The number of carbonyl (C=O) groups is 4. The molecule has 0 aliphatic rings. The highest BCUT2D eigenvalue weighted by Gasteiger charge is 2.26. The fraction of sp³-hybridized carbons (Fsp3) is 0.272. The number of halogens is 3. The van der Waals surface area contributed by atoms with Crippen molar-refractivity contribution in [2.75, 3.05) is 93.5 Å². The van der Waals surface area contributed by atoms with Crippen LogP contribution in [-0.2, 0) is 43.3 Å². The molecule has 12 aromatic heterocycles. The summed E-state index contributed by atoms with van der Waals surface area (Å²) in [5, 5.41) is 24.2. The van der Waals surface area contributed by atoms with Gasteiger partial charge in [0.25, 0.3) is 0 Å². The van der Waals surface area contributed by atoms with Crippen LogP contribution in [0.15, 0.2) is 196 Å². The maximum absolute atomic E-state index is 15.0. The second-order valence-electron chi connectivity index (χ2n) is 30.5. The molecular weight excluding hydrogens is 1750 g/mol. The van der Waals surface area contributed by atoms with Gasteiger partial charge in [0.05, 0.1) is 95.3 Å². The van der Waals surface area contributed by atoms with Gasteiger partial charge in [0.15, 0.2) is 52.2 Å². The maximum atomic E-state index is 15.0. The highest BCUT2D eigenvalue weighted by Crippen LogP contribution is 2.43. The molecule has 0 fully saturated rings. The Balaban J connectivity index is 0.000000182. The van der Waals surface area contributed by atoms with E-state index >= 15 is 4.39 Å². The molecule has 0 saturated carbocycles. The van der Waals surface area contributed by atoms with Gasteiger partial charge in [-0.3, -0.25) is 40.5 Å². The summed E-state index contributed by atoms with van der Waals surface area (Å²) in [6.45, 7) is 24.5. The second kappa shape index (κ2) is 46.2. The number of pyridine rings is 6. The van der Waals surface area contributed by atoms with Gasteiger partial charge in [-0.05, 0) is 152 Å². The number of hydrogen-bond donors (Lipinski definition) is 7. The van der Waals surface area contributed by atoms with Gasteiger partial charge >= 0.3 is 24.2 Å². The molecule has 12 heterocycles. The molecule has 6 amide bonds. The number of aryl methyl sites for hydroxylation is 3. The minimum absolute atomic E-state index is 0.0129. The molecule has 0 radical (unpaired) electrons. The van der Waals surface area contributed by atoms with E-state index in [1.165, 1.54) is 70.4 Å². The molecule has 686 valence electrons. The Hall–Kier alpha value is -14.2. The van der Waals surface area contributed by atoms with Crippen LogP contribution < -0.4 is 52.3 Å². The van der Waals surface area contributed by atoms with Gasteiger partial charge in [0, 0.05) is 156 Å². The second-order valence-corrected chi connectivity index (χ2v) is 33.6. The number of nitrogens with zero attached hydrogens (tertiary/aromatic N) is 11. The van der Waals surface area contributed by atoms with Crippen LogP contribution in [0.3, 0.4) is 0 Å². The third-order valence-corrected chi connectivity index (χ3v) is 21.2. The largest absolute Gasteiger partial charge is 0.453 e. The van der Waals surface area contributed by atoms with Gasteiger partial charge in [-0.1, -0.05) is 47.5 Å². The zero-order chi connectivity index (χ0) is 93.9. The molecule has 9 N–H and O–H groups in total. The number of amides is 6. The first-order chi connectivity index (χ1) is 62.9. The van der Waals surface area contributed by atoms with Crippen molar-refractivity contribution in [2.24, 2.45) is 0 Å². The SMILES string of the molecule is CC.COCCN(Cc1ccc(-c2cc3nccc(Oc4ccc(N)cc4F)c3s2)nc1)C(=O)OC(C)(C)C.COCCN(Cc1ccc(-c2cc3nccc(Oc4ccc(NC(=O)Nc5cc(C)on5)cc4F)c3s2)nc1)C(=O)OC(C)(C)C.COCCNCc1ccc(-c2cc3nccc(Oc4ccc(NC(=O)Nc5cc(C)on5)cc4F)c3s2)nc1.Cc1cc(N)no1. The summed E-state index contributed by atoms with van der Waals surface area (Å²) in [5.74, 6) is 2.39. The number of ether oxygens (including phenoxy) is 8. The van der Waals surface area contributed by atoms with Crippen LogP contribution in [-0.4, -0.2) is 151 Å². The zero-order valence-electron chi connectivity index (χ0n) is 74.2. The lowest BCUT2D eigenvalue weighted by Crippen LogP contribution is -2.38. The monoisotopic (exact) mass is 1850 g/mol. The van der Waals surface area contributed by atoms with Crippen LogP contribution >= 0.6 is 34.0 Å². The minimum Gasteiger partial charge on any atom is -0.453 e. The Morgan fingerprint density at radius 1 is 0.427 bits per heavy atom. The number of methoxy groups -OCH3 is 3. The molecule has 3 aromatic carbocycles. The van der Waals surface area contributed by atoms with E-state index < -0.39 is 52.9 Å². The smallest absolute Gasteiger partial charge is 0.410 e. The lowest BCUT2D eigenvalue weighted by Gasteiger charge is -2.27. The lowest BCUT2D eigenvalue weighted by molar-refractivity contribution is 0.0175. The molecule has 15 rings (SSSR count). The Morgan fingerprint density at radius 3 is 1.12 bits per heavy atom. The van der Waals surface area contributed by atoms with Gasteiger partial charge in [-0.15, -0.1) is 34.0 Å². The summed E-state index contributed by atoms with van der Waals surface area (Å²) in [6, 6.07) is 38.5. The van der Waals surface area contributed by atoms with E-state index in [1.54, 1.807) is 131 Å². The predicted octanol–water partition coefficient (Wildman–Crippen LogP) is 21.4. The summed E-state index contributed by atoms with van der Waals surface area (Å²) >= 11 is 4.32. The van der Waals surface area contributed by atoms with Crippen LogP contribution in [0.1, 0.15) is 89.4 Å². The molecule has 39 heteroatoms. The lowest BCUT2D eigenvalue weighted by atomic mass is 10.2. The third-order valence-electron chi connectivity index (χ3n) is 17.7. The molecule has 0 saturated heterocycles. The van der Waals surface area contributed by atoms with E-state index in [0.29, 0.717) is 109 Å². The van der Waals surface area contributed by atoms with Gasteiger partial charge in [-0.2, -0.15) is 0 Å². The molecule has 15 aromatic rings. The van der Waals surface area contributed by atoms with Crippen molar-refractivity contribution >= 4 is 123 Å². The van der Waals surface area contributed by atoms with Crippen molar-refractivity contribution in [3.8, 4) is 66.2 Å². The first-order valence-electron chi connectivity index (χ1n) is 40.9. The highest BCUT2D eigenvalue weighted by molar-refractivity contribution is 7.23. The van der Waals surface area contributed by atoms with Gasteiger partial charge < -0.3 is 88.7 Å². The van der Waals surface area contributed by atoms with Gasteiger partial charge in [-0.25, -0.2) is 32.3 Å². The van der Waals surface area contributed by atoms with Crippen LogP contribution in [0.25, 0.3) is 62.4 Å². The molecule has 0 bridgehead atoms. The highest BCUT2D eigenvalue weighted by atomic mass is 32.1. The predicted molar refractivity (Wildman–Crippen MR) is 498 cm³/mol. The third kappa shape index (κ3) is 28.9. The number of nitrogens with one attached hydrogen (secondary N) is 5. The Bertz CT molecular complexity index is 6300. The minimum atomic E-state index is -0.667. The molecule has 0 aliphatic carbocycles. The van der Waals surface area contributed by atoms with E-state index in [2.05, 4.69) is 76.5 Å². The summed E-state index contributed by atoms with van der Waals surface area (Å²) in [4.78, 5) is 82.7. The topological polar surface area (TPSA) is 416 Å². The number of nitrogen functional groups attached to an aromatic ring is 2. The van der Waals surface area contributed by atoms with E-state index in [9.17, 15) is 28.0 Å².